The summed E-state index contributed by atoms with van der Waals surface area (Å²) in [5.74, 6) is 0.354. The van der Waals surface area contributed by atoms with E-state index in [0.717, 1.165) is 32.4 Å². The topological polar surface area (TPSA) is 20.3 Å². The molecule has 0 heterocycles. The zero-order valence-corrected chi connectivity index (χ0v) is 11.4. The molecular weight excluding hydrogens is 198 g/mol. The molecule has 0 aliphatic heterocycles. The molecule has 0 bridgehead atoms. The van der Waals surface area contributed by atoms with Crippen LogP contribution in [0.5, 0.6) is 0 Å². The molecule has 96 valence electrons. The average Bonchev–Trinajstić information content (AvgIpc) is 2.30. The summed E-state index contributed by atoms with van der Waals surface area (Å²) < 4.78 is 0. The van der Waals surface area contributed by atoms with Gasteiger partial charge in [-0.05, 0) is 19.8 Å². The number of carbonyl (C=O) groups excluding carboxylic acids is 1. The molecule has 0 aliphatic rings. The summed E-state index contributed by atoms with van der Waals surface area (Å²) in [6, 6.07) is 0. The lowest BCUT2D eigenvalue weighted by atomic mass is 10.1. The summed E-state index contributed by atoms with van der Waals surface area (Å²) in [4.78, 5) is 13.8. The van der Waals surface area contributed by atoms with Gasteiger partial charge < -0.3 is 4.90 Å². The molecule has 2 nitrogen and oxygen atoms in total. The molecule has 0 N–H and O–H groups in total. The molecule has 0 aliphatic carbocycles. The number of amides is 1. The third-order valence-electron chi connectivity index (χ3n) is 3.01. The van der Waals surface area contributed by atoms with Crippen molar-refractivity contribution in [2.45, 2.75) is 72.1 Å². The minimum atomic E-state index is 0.354. The monoisotopic (exact) mass is 227 g/mol. The van der Waals surface area contributed by atoms with Crippen LogP contribution in [0.15, 0.2) is 0 Å². The number of hydrogen-bond acceptors (Lipinski definition) is 1. The first-order valence-electron chi connectivity index (χ1n) is 7.04. The third kappa shape index (κ3) is 7.72. The van der Waals surface area contributed by atoms with E-state index < -0.39 is 0 Å². The van der Waals surface area contributed by atoms with Crippen LogP contribution in [0.25, 0.3) is 0 Å². The first kappa shape index (κ1) is 15.5. The lowest BCUT2D eigenvalue weighted by molar-refractivity contribution is -0.131. The maximum absolute atomic E-state index is 11.8. The molecule has 0 aromatic rings. The second-order valence-corrected chi connectivity index (χ2v) is 4.49. The number of hydrogen-bond donors (Lipinski definition) is 0. The Hall–Kier alpha value is -0.530. The second kappa shape index (κ2) is 11.0. The quantitative estimate of drug-likeness (QED) is 0.517. The maximum Gasteiger partial charge on any atom is 0.222 e. The fourth-order valence-corrected chi connectivity index (χ4v) is 1.85. The van der Waals surface area contributed by atoms with Gasteiger partial charge in [-0.1, -0.05) is 46.0 Å². The van der Waals surface area contributed by atoms with E-state index in [2.05, 4.69) is 20.8 Å². The highest BCUT2D eigenvalue weighted by molar-refractivity contribution is 5.76. The van der Waals surface area contributed by atoms with Gasteiger partial charge in [0.05, 0.1) is 0 Å². The molecule has 0 spiro atoms. The van der Waals surface area contributed by atoms with Gasteiger partial charge in [0.25, 0.3) is 0 Å². The van der Waals surface area contributed by atoms with Crippen molar-refractivity contribution < 1.29 is 4.79 Å². The summed E-state index contributed by atoms with van der Waals surface area (Å²) in [6.45, 7) is 8.27. The van der Waals surface area contributed by atoms with Crippen LogP contribution in [0.2, 0.25) is 0 Å². The highest BCUT2D eigenvalue weighted by Gasteiger charge is 2.09. The standard InChI is InChI=1S/C14H29NO/c1-4-7-9-10-11-12-14(16)15(6-3)13-8-5-2/h4-13H2,1-3H3. The van der Waals surface area contributed by atoms with Gasteiger partial charge in [-0.25, -0.2) is 0 Å². The maximum atomic E-state index is 11.8. The molecule has 0 rings (SSSR count). The van der Waals surface area contributed by atoms with Gasteiger partial charge in [0.1, 0.15) is 0 Å². The van der Waals surface area contributed by atoms with Crippen molar-refractivity contribution in [3.63, 3.8) is 0 Å². The second-order valence-electron chi connectivity index (χ2n) is 4.49. The van der Waals surface area contributed by atoms with Crippen molar-refractivity contribution in [2.24, 2.45) is 0 Å². The summed E-state index contributed by atoms with van der Waals surface area (Å²) >= 11 is 0. The molecule has 1 amide bonds. The van der Waals surface area contributed by atoms with Crippen LogP contribution < -0.4 is 0 Å². The molecule has 0 saturated carbocycles. The van der Waals surface area contributed by atoms with Gasteiger partial charge in [0.15, 0.2) is 0 Å². The van der Waals surface area contributed by atoms with Gasteiger partial charge in [0, 0.05) is 19.5 Å². The number of nitrogens with zero attached hydrogens (tertiary/aromatic N) is 1. The van der Waals surface area contributed by atoms with Crippen molar-refractivity contribution in [3.8, 4) is 0 Å². The summed E-state index contributed by atoms with van der Waals surface area (Å²) in [6.07, 6.45) is 9.20. The van der Waals surface area contributed by atoms with Crippen LogP contribution in [0.3, 0.4) is 0 Å². The molecule has 0 atom stereocenters. The molecular formula is C14H29NO. The van der Waals surface area contributed by atoms with Gasteiger partial charge in [0.2, 0.25) is 5.91 Å². The lowest BCUT2D eigenvalue weighted by Crippen LogP contribution is -2.31. The largest absolute Gasteiger partial charge is 0.343 e. The molecule has 0 aromatic heterocycles. The Bertz CT molecular complexity index is 168. The van der Waals surface area contributed by atoms with Crippen molar-refractivity contribution in [2.75, 3.05) is 13.1 Å². The Balaban J connectivity index is 3.58. The smallest absolute Gasteiger partial charge is 0.222 e. The zero-order valence-electron chi connectivity index (χ0n) is 11.4. The van der Waals surface area contributed by atoms with Gasteiger partial charge >= 0.3 is 0 Å². The van der Waals surface area contributed by atoms with E-state index in [0.29, 0.717) is 5.91 Å². The highest BCUT2D eigenvalue weighted by atomic mass is 16.2. The van der Waals surface area contributed by atoms with E-state index in [1.807, 2.05) is 4.90 Å². The summed E-state index contributed by atoms with van der Waals surface area (Å²) in [5, 5.41) is 0. The first-order chi connectivity index (χ1) is 7.76. The normalized spacial score (nSPS) is 10.4. The van der Waals surface area contributed by atoms with Crippen molar-refractivity contribution in [1.82, 2.24) is 4.90 Å². The average molecular weight is 227 g/mol. The van der Waals surface area contributed by atoms with Crippen LogP contribution in [0, 0.1) is 0 Å². The number of unbranched alkanes of at least 4 members (excludes halogenated alkanes) is 5. The zero-order chi connectivity index (χ0) is 12.2. The van der Waals surface area contributed by atoms with Crippen molar-refractivity contribution in [1.29, 1.82) is 0 Å². The van der Waals surface area contributed by atoms with Gasteiger partial charge in [-0.2, -0.15) is 0 Å². The number of rotatable bonds is 10. The fourth-order valence-electron chi connectivity index (χ4n) is 1.85. The SMILES string of the molecule is CCCCCCCC(=O)N(CC)CCCC. The van der Waals surface area contributed by atoms with Gasteiger partial charge in [-0.3, -0.25) is 4.79 Å². The van der Waals surface area contributed by atoms with E-state index in [4.69, 9.17) is 0 Å². The van der Waals surface area contributed by atoms with Crippen LogP contribution >= 0.6 is 0 Å². The van der Waals surface area contributed by atoms with E-state index in [9.17, 15) is 4.79 Å². The Morgan fingerprint density at radius 1 is 0.875 bits per heavy atom. The van der Waals surface area contributed by atoms with E-state index in [1.54, 1.807) is 0 Å². The fraction of sp³-hybridized carbons (Fsp3) is 0.929. The van der Waals surface area contributed by atoms with Crippen LogP contribution in [-0.4, -0.2) is 23.9 Å². The molecule has 0 fully saturated rings. The third-order valence-corrected chi connectivity index (χ3v) is 3.01. The van der Waals surface area contributed by atoms with E-state index >= 15 is 0 Å². The molecule has 0 unspecified atom stereocenters. The molecule has 0 aromatic carbocycles. The van der Waals surface area contributed by atoms with Gasteiger partial charge in [-0.15, -0.1) is 0 Å². The molecule has 0 saturated heterocycles. The predicted molar refractivity (Wildman–Crippen MR) is 70.5 cm³/mol. The molecule has 0 radical (unpaired) electrons. The van der Waals surface area contributed by atoms with Crippen molar-refractivity contribution >= 4 is 5.91 Å². The van der Waals surface area contributed by atoms with Crippen LogP contribution in [0.1, 0.15) is 72.1 Å². The Morgan fingerprint density at radius 2 is 1.50 bits per heavy atom. The molecule has 16 heavy (non-hydrogen) atoms. The minimum absolute atomic E-state index is 0.354. The number of carbonyl (C=O) groups is 1. The Morgan fingerprint density at radius 3 is 2.06 bits per heavy atom. The summed E-state index contributed by atoms with van der Waals surface area (Å²) in [5.41, 5.74) is 0. The van der Waals surface area contributed by atoms with E-state index in [-0.39, 0.29) is 0 Å². The minimum Gasteiger partial charge on any atom is -0.343 e. The van der Waals surface area contributed by atoms with Crippen LogP contribution in [0.4, 0.5) is 0 Å². The van der Waals surface area contributed by atoms with E-state index in [1.165, 1.54) is 32.1 Å². The molecule has 2 heteroatoms. The predicted octanol–water partition coefficient (Wildman–Crippen LogP) is 4.00. The van der Waals surface area contributed by atoms with Crippen molar-refractivity contribution in [3.05, 3.63) is 0 Å². The Kier molecular flexibility index (Phi) is 10.6. The Labute approximate surface area is 101 Å². The lowest BCUT2D eigenvalue weighted by Gasteiger charge is -2.20. The van der Waals surface area contributed by atoms with Crippen LogP contribution in [-0.2, 0) is 4.79 Å². The summed E-state index contributed by atoms with van der Waals surface area (Å²) in [7, 11) is 0. The highest BCUT2D eigenvalue weighted by Crippen LogP contribution is 2.07. The first-order valence-corrected chi connectivity index (χ1v) is 7.04.